The number of nitrogens with zero attached hydrogens (tertiary/aromatic N) is 2. The Morgan fingerprint density at radius 1 is 1.19 bits per heavy atom. The van der Waals surface area contributed by atoms with E-state index in [0.717, 1.165) is 6.20 Å². The van der Waals surface area contributed by atoms with Gasteiger partial charge in [-0.15, -0.1) is 0 Å². The Morgan fingerprint density at radius 3 is 2.55 bits per heavy atom. The molecule has 0 saturated carbocycles. The predicted octanol–water partition coefficient (Wildman–Crippen LogP) is 4.50. The number of nitrogens with two attached hydrogens (primary N) is 1. The van der Waals surface area contributed by atoms with Crippen LogP contribution in [0.1, 0.15) is 32.8 Å². The summed E-state index contributed by atoms with van der Waals surface area (Å²) < 4.78 is 49.3. The van der Waals surface area contributed by atoms with E-state index in [0.29, 0.717) is 17.7 Å². The van der Waals surface area contributed by atoms with Crippen LogP contribution >= 0.6 is 0 Å². The number of aromatic nitrogens is 1. The van der Waals surface area contributed by atoms with Crippen LogP contribution in [0.5, 0.6) is 28.9 Å². The maximum atomic E-state index is 13.9. The molecule has 0 spiro atoms. The zero-order chi connectivity index (χ0) is 30.6. The highest BCUT2D eigenvalue weighted by Gasteiger charge is 2.34. The summed E-state index contributed by atoms with van der Waals surface area (Å²) in [5.74, 6) is -0.213. The lowest BCUT2D eigenvalue weighted by atomic mass is 10.0. The number of amides is 1. The first-order valence-electron chi connectivity index (χ1n) is 12.9. The highest BCUT2D eigenvalue weighted by Crippen LogP contribution is 2.42. The molecule has 0 fully saturated rings. The fraction of sp³-hybridized carbons (Fsp3) is 0.333. The van der Waals surface area contributed by atoms with E-state index in [-0.39, 0.29) is 52.6 Å². The van der Waals surface area contributed by atoms with Gasteiger partial charge in [-0.05, 0) is 36.1 Å². The van der Waals surface area contributed by atoms with Gasteiger partial charge in [-0.3, -0.25) is 10.1 Å². The highest BCUT2D eigenvalue weighted by molar-refractivity contribution is 7.92. The monoisotopic (exact) mass is 602 g/mol. The van der Waals surface area contributed by atoms with Gasteiger partial charge in [0, 0.05) is 24.6 Å². The number of hydrogen-bond acceptors (Lipinski definition) is 12. The van der Waals surface area contributed by atoms with E-state index in [9.17, 15) is 28.4 Å². The van der Waals surface area contributed by atoms with Crippen molar-refractivity contribution in [2.75, 3.05) is 12.1 Å². The van der Waals surface area contributed by atoms with Crippen LogP contribution in [-0.4, -0.2) is 47.8 Å². The van der Waals surface area contributed by atoms with Crippen molar-refractivity contribution in [3.05, 3.63) is 64.3 Å². The number of nitrogens with one attached hydrogen (secondary N) is 1. The standard InChI is InChI=1S/C27H30N4O10S/c1-4-18(40-27(28)33)11-16-5-8-21(41-23-10-6-17(13-29-23)31(34)35)24(25(16)32)30-26(15(2)3)42(36,37)19-7-9-20-22(12-19)39-14-38-20/h5-10,12-13,15,18,26,30,32H,4,11,14H2,1-3H3,(H2,28,33). The SMILES string of the molecule is CCC(Cc1ccc(Oc2ccc([N+](=O)[O-])cn2)c(NC(C(C)C)S(=O)(=O)c2ccc3c(c2)OCO3)c1O)OC(N)=O. The number of fused-ring (bicyclic) bond motifs is 1. The Morgan fingerprint density at radius 2 is 1.93 bits per heavy atom. The number of rotatable bonds is 12. The van der Waals surface area contributed by atoms with Crippen molar-refractivity contribution < 1.29 is 42.2 Å². The first-order valence-corrected chi connectivity index (χ1v) is 14.4. The third kappa shape index (κ3) is 6.57. The molecule has 1 aliphatic heterocycles. The predicted molar refractivity (Wildman–Crippen MR) is 150 cm³/mol. The fourth-order valence-corrected chi connectivity index (χ4v) is 6.09. The molecule has 2 heterocycles. The molecule has 1 aliphatic rings. The Labute approximate surface area is 241 Å². The zero-order valence-corrected chi connectivity index (χ0v) is 23.8. The molecule has 14 nitrogen and oxygen atoms in total. The number of hydrogen-bond donors (Lipinski definition) is 3. The van der Waals surface area contributed by atoms with E-state index in [1.807, 2.05) is 0 Å². The van der Waals surface area contributed by atoms with Gasteiger partial charge in [0.25, 0.3) is 5.69 Å². The molecule has 42 heavy (non-hydrogen) atoms. The fourth-order valence-electron chi connectivity index (χ4n) is 4.28. The van der Waals surface area contributed by atoms with Crippen LogP contribution in [0.3, 0.4) is 0 Å². The molecule has 0 bridgehead atoms. The number of phenols is 1. The molecule has 4 N–H and O–H groups in total. The number of sulfone groups is 1. The van der Waals surface area contributed by atoms with Crippen molar-refractivity contribution in [1.29, 1.82) is 0 Å². The minimum atomic E-state index is -4.09. The van der Waals surface area contributed by atoms with Crippen molar-refractivity contribution in [2.24, 2.45) is 11.7 Å². The molecule has 0 saturated heterocycles. The number of pyridine rings is 1. The van der Waals surface area contributed by atoms with E-state index in [1.54, 1.807) is 20.8 Å². The summed E-state index contributed by atoms with van der Waals surface area (Å²) in [5.41, 5.74) is 5.16. The number of primary amides is 1. The highest BCUT2D eigenvalue weighted by atomic mass is 32.2. The number of nitro groups is 1. The average Bonchev–Trinajstić information content (AvgIpc) is 3.41. The van der Waals surface area contributed by atoms with E-state index in [4.69, 9.17) is 24.7 Å². The van der Waals surface area contributed by atoms with Crippen molar-refractivity contribution >= 4 is 27.3 Å². The molecule has 1 aromatic heterocycles. The summed E-state index contributed by atoms with van der Waals surface area (Å²) in [6.45, 7) is 5.12. The van der Waals surface area contributed by atoms with Gasteiger partial charge >= 0.3 is 6.09 Å². The molecular weight excluding hydrogens is 572 g/mol. The van der Waals surface area contributed by atoms with Crippen LogP contribution in [-0.2, 0) is 21.0 Å². The van der Waals surface area contributed by atoms with Crippen LogP contribution in [0.15, 0.2) is 53.6 Å². The van der Waals surface area contributed by atoms with Crippen LogP contribution < -0.4 is 25.3 Å². The summed E-state index contributed by atoms with van der Waals surface area (Å²) in [7, 11) is -4.09. The summed E-state index contributed by atoms with van der Waals surface area (Å²) in [5, 5.41) is 24.1. The third-order valence-corrected chi connectivity index (χ3v) is 8.70. The first kappa shape index (κ1) is 30.2. The Kier molecular flexibility index (Phi) is 8.90. The van der Waals surface area contributed by atoms with Gasteiger partial charge in [0.05, 0.1) is 9.82 Å². The van der Waals surface area contributed by atoms with E-state index >= 15 is 0 Å². The number of phenolic OH excluding ortho intramolecular Hbond substituents is 1. The zero-order valence-electron chi connectivity index (χ0n) is 23.0. The Balaban J connectivity index is 1.75. The maximum absolute atomic E-state index is 13.9. The number of anilines is 1. The van der Waals surface area contributed by atoms with Gasteiger partial charge < -0.3 is 35.1 Å². The molecule has 3 aromatic rings. The number of ether oxygens (including phenoxy) is 4. The van der Waals surface area contributed by atoms with Gasteiger partial charge in [-0.25, -0.2) is 18.2 Å². The number of carbonyl (C=O) groups excluding carboxylic acids is 1. The maximum Gasteiger partial charge on any atom is 0.404 e. The molecule has 4 rings (SSSR count). The van der Waals surface area contributed by atoms with Crippen molar-refractivity contribution in [1.82, 2.24) is 4.98 Å². The summed E-state index contributed by atoms with van der Waals surface area (Å²) in [4.78, 5) is 25.6. The molecule has 15 heteroatoms. The summed E-state index contributed by atoms with van der Waals surface area (Å²) >= 11 is 0. The van der Waals surface area contributed by atoms with Gasteiger partial charge in [0.1, 0.15) is 29.1 Å². The van der Waals surface area contributed by atoms with Gasteiger partial charge in [-0.2, -0.15) is 0 Å². The number of benzene rings is 2. The van der Waals surface area contributed by atoms with Gasteiger partial charge in [0.2, 0.25) is 12.7 Å². The van der Waals surface area contributed by atoms with Crippen LogP contribution in [0.25, 0.3) is 0 Å². The van der Waals surface area contributed by atoms with E-state index < -0.39 is 38.2 Å². The molecule has 224 valence electrons. The van der Waals surface area contributed by atoms with Crippen molar-refractivity contribution in [3.63, 3.8) is 0 Å². The molecule has 1 amide bonds. The third-order valence-electron chi connectivity index (χ3n) is 6.45. The lowest BCUT2D eigenvalue weighted by Crippen LogP contribution is -2.35. The molecule has 2 aromatic carbocycles. The second kappa shape index (κ2) is 12.4. The van der Waals surface area contributed by atoms with E-state index in [1.165, 1.54) is 42.5 Å². The van der Waals surface area contributed by atoms with Gasteiger partial charge in [0.15, 0.2) is 27.1 Å². The second-order valence-electron chi connectivity index (χ2n) is 9.70. The minimum Gasteiger partial charge on any atom is -0.505 e. The second-order valence-corrected chi connectivity index (χ2v) is 11.8. The normalized spacial score (nSPS) is 13.8. The minimum absolute atomic E-state index is 0.00647. The van der Waals surface area contributed by atoms with Crippen molar-refractivity contribution in [2.45, 2.75) is 50.0 Å². The van der Waals surface area contributed by atoms with E-state index in [2.05, 4.69) is 10.3 Å². The Hall–Kier alpha value is -4.79. The largest absolute Gasteiger partial charge is 0.505 e. The Bertz CT molecular complexity index is 1580. The molecular formula is C27H30N4O10S. The molecule has 0 aliphatic carbocycles. The number of carbonyl (C=O) groups is 1. The van der Waals surface area contributed by atoms with Crippen LogP contribution in [0, 0.1) is 16.0 Å². The quantitative estimate of drug-likeness (QED) is 0.149. The topological polar surface area (TPSA) is 202 Å². The molecule has 2 atom stereocenters. The average molecular weight is 603 g/mol. The summed E-state index contributed by atoms with van der Waals surface area (Å²) in [6.07, 6.45) is -0.174. The number of aromatic hydroxyl groups is 1. The van der Waals surface area contributed by atoms with Gasteiger partial charge in [-0.1, -0.05) is 26.8 Å². The van der Waals surface area contributed by atoms with Crippen LogP contribution in [0.2, 0.25) is 0 Å². The lowest BCUT2D eigenvalue weighted by Gasteiger charge is -2.26. The summed E-state index contributed by atoms with van der Waals surface area (Å²) in [6, 6.07) is 9.73. The molecule has 2 unspecified atom stereocenters. The van der Waals surface area contributed by atoms with Crippen molar-refractivity contribution in [3.8, 4) is 28.9 Å². The smallest absolute Gasteiger partial charge is 0.404 e. The first-order chi connectivity index (χ1) is 19.9. The lowest BCUT2D eigenvalue weighted by molar-refractivity contribution is -0.385. The molecule has 0 radical (unpaired) electrons. The van der Waals surface area contributed by atoms with Crippen LogP contribution in [0.4, 0.5) is 16.2 Å².